The lowest BCUT2D eigenvalue weighted by molar-refractivity contribution is 0.0713. The second-order valence-corrected chi connectivity index (χ2v) is 7.47. The van der Waals surface area contributed by atoms with Crippen molar-refractivity contribution in [2.75, 3.05) is 13.1 Å². The Hall–Kier alpha value is -1.98. The number of nitrogens with zero attached hydrogens (tertiary/aromatic N) is 3. The highest BCUT2D eigenvalue weighted by Gasteiger charge is 2.26. The molecule has 2 aromatic heterocycles. The fourth-order valence-corrected chi connectivity index (χ4v) is 4.38. The van der Waals surface area contributed by atoms with Gasteiger partial charge in [0.15, 0.2) is 0 Å². The van der Waals surface area contributed by atoms with E-state index < -0.39 is 0 Å². The first-order valence-electron chi connectivity index (χ1n) is 7.96. The number of halogens is 1. The van der Waals surface area contributed by atoms with Gasteiger partial charge >= 0.3 is 0 Å². The van der Waals surface area contributed by atoms with Crippen molar-refractivity contribution >= 4 is 39.1 Å². The molecule has 4 rings (SSSR count). The van der Waals surface area contributed by atoms with Gasteiger partial charge in [-0.2, -0.15) is 0 Å². The molecule has 0 aliphatic carbocycles. The van der Waals surface area contributed by atoms with Crippen LogP contribution in [0, 0.1) is 0 Å². The molecule has 0 bridgehead atoms. The third-order valence-electron chi connectivity index (χ3n) is 4.42. The summed E-state index contributed by atoms with van der Waals surface area (Å²) < 4.78 is 1.17. The predicted octanol–water partition coefficient (Wildman–Crippen LogP) is 4.36. The number of thiazole rings is 1. The monoisotopic (exact) mass is 357 g/mol. The largest absolute Gasteiger partial charge is 0.339 e. The van der Waals surface area contributed by atoms with Crippen molar-refractivity contribution in [3.05, 3.63) is 58.3 Å². The smallest absolute Gasteiger partial charge is 0.253 e. The zero-order valence-corrected chi connectivity index (χ0v) is 14.6. The standard InChI is InChI=1S/C18H16ClN3OS/c19-14-1-2-16-15(11-14)21-17(24-16)12-5-9-22(10-6-12)18(23)13-3-7-20-8-4-13/h1-4,7-8,11-12H,5-6,9-10H2. The maximum absolute atomic E-state index is 12.5. The van der Waals surface area contributed by atoms with E-state index in [1.807, 2.05) is 23.1 Å². The van der Waals surface area contributed by atoms with E-state index in [1.165, 1.54) is 4.70 Å². The minimum atomic E-state index is 0.0898. The van der Waals surface area contributed by atoms with E-state index in [0.29, 0.717) is 11.5 Å². The molecule has 122 valence electrons. The number of piperidine rings is 1. The molecule has 3 aromatic rings. The molecule has 6 heteroatoms. The van der Waals surface area contributed by atoms with Gasteiger partial charge in [0.1, 0.15) is 0 Å². The normalized spacial score (nSPS) is 15.8. The van der Waals surface area contributed by atoms with Crippen molar-refractivity contribution in [3.8, 4) is 0 Å². The molecule has 24 heavy (non-hydrogen) atoms. The van der Waals surface area contributed by atoms with Crippen LogP contribution in [0.5, 0.6) is 0 Å². The van der Waals surface area contributed by atoms with Gasteiger partial charge in [0.2, 0.25) is 0 Å². The molecule has 1 aliphatic heterocycles. The highest BCUT2D eigenvalue weighted by Crippen LogP contribution is 2.34. The number of carbonyl (C=O) groups is 1. The summed E-state index contributed by atoms with van der Waals surface area (Å²) in [7, 11) is 0. The topological polar surface area (TPSA) is 46.1 Å². The van der Waals surface area contributed by atoms with Crippen molar-refractivity contribution in [2.24, 2.45) is 0 Å². The Labute approximate surface area is 149 Å². The summed E-state index contributed by atoms with van der Waals surface area (Å²) in [5.41, 5.74) is 1.68. The number of fused-ring (bicyclic) bond motifs is 1. The van der Waals surface area contributed by atoms with E-state index in [2.05, 4.69) is 4.98 Å². The fourth-order valence-electron chi connectivity index (χ4n) is 3.10. The van der Waals surface area contributed by atoms with E-state index in [0.717, 1.165) is 41.5 Å². The van der Waals surface area contributed by atoms with Crippen LogP contribution in [0.2, 0.25) is 5.02 Å². The van der Waals surface area contributed by atoms with Crippen LogP contribution in [0.1, 0.15) is 34.1 Å². The number of benzene rings is 1. The summed E-state index contributed by atoms with van der Waals surface area (Å²) in [6, 6.07) is 9.39. The average Bonchev–Trinajstić information content (AvgIpc) is 3.05. The zero-order chi connectivity index (χ0) is 16.5. The van der Waals surface area contributed by atoms with Gasteiger partial charge < -0.3 is 4.90 Å². The second kappa shape index (κ2) is 6.49. The van der Waals surface area contributed by atoms with Crippen molar-refractivity contribution in [1.82, 2.24) is 14.9 Å². The fraction of sp³-hybridized carbons (Fsp3) is 0.278. The summed E-state index contributed by atoms with van der Waals surface area (Å²) in [5, 5.41) is 1.88. The minimum Gasteiger partial charge on any atom is -0.339 e. The summed E-state index contributed by atoms with van der Waals surface area (Å²) in [6.07, 6.45) is 5.22. The molecule has 1 aromatic carbocycles. The molecule has 0 atom stereocenters. The summed E-state index contributed by atoms with van der Waals surface area (Å²) >= 11 is 7.78. The number of likely N-dealkylation sites (tertiary alicyclic amines) is 1. The summed E-state index contributed by atoms with van der Waals surface area (Å²) in [5.74, 6) is 0.509. The Morgan fingerprint density at radius 1 is 1.17 bits per heavy atom. The van der Waals surface area contributed by atoms with Gasteiger partial charge in [0.25, 0.3) is 5.91 Å². The number of aromatic nitrogens is 2. The van der Waals surface area contributed by atoms with E-state index in [9.17, 15) is 4.79 Å². The van der Waals surface area contributed by atoms with Crippen molar-refractivity contribution in [1.29, 1.82) is 0 Å². The molecular weight excluding hydrogens is 342 g/mol. The SMILES string of the molecule is O=C(c1ccncc1)N1CCC(c2nc3cc(Cl)ccc3s2)CC1. The molecule has 4 nitrogen and oxygen atoms in total. The third-order valence-corrected chi connectivity index (χ3v) is 5.86. The first-order valence-corrected chi connectivity index (χ1v) is 9.15. The maximum Gasteiger partial charge on any atom is 0.253 e. The molecule has 1 amide bonds. The van der Waals surface area contributed by atoms with Gasteiger partial charge in [-0.1, -0.05) is 11.6 Å². The Morgan fingerprint density at radius 2 is 1.92 bits per heavy atom. The molecule has 0 radical (unpaired) electrons. The first kappa shape index (κ1) is 15.5. The average molecular weight is 358 g/mol. The van der Waals surface area contributed by atoms with Crippen LogP contribution in [-0.2, 0) is 0 Å². The van der Waals surface area contributed by atoms with E-state index in [4.69, 9.17) is 16.6 Å². The molecule has 3 heterocycles. The predicted molar refractivity (Wildman–Crippen MR) is 96.7 cm³/mol. The number of pyridine rings is 1. The van der Waals surface area contributed by atoms with Crippen LogP contribution in [0.4, 0.5) is 0 Å². The highest BCUT2D eigenvalue weighted by molar-refractivity contribution is 7.18. The number of carbonyl (C=O) groups excluding carboxylic acids is 1. The lowest BCUT2D eigenvalue weighted by atomic mass is 9.97. The van der Waals surface area contributed by atoms with Gasteiger partial charge in [-0.25, -0.2) is 4.98 Å². The maximum atomic E-state index is 12.5. The summed E-state index contributed by atoms with van der Waals surface area (Å²) in [6.45, 7) is 1.53. The van der Waals surface area contributed by atoms with Gasteiger partial charge in [0.05, 0.1) is 15.2 Å². The Balaban J connectivity index is 1.46. The molecule has 0 spiro atoms. The minimum absolute atomic E-state index is 0.0898. The molecule has 1 fully saturated rings. The molecule has 0 N–H and O–H groups in total. The van der Waals surface area contributed by atoms with E-state index in [1.54, 1.807) is 35.9 Å². The van der Waals surface area contributed by atoms with E-state index in [-0.39, 0.29) is 5.91 Å². The number of amides is 1. The Kier molecular flexibility index (Phi) is 4.21. The quantitative estimate of drug-likeness (QED) is 0.684. The van der Waals surface area contributed by atoms with Crippen molar-refractivity contribution in [3.63, 3.8) is 0 Å². The second-order valence-electron chi connectivity index (χ2n) is 5.97. The molecule has 0 saturated carbocycles. The molecular formula is C18H16ClN3OS. The number of rotatable bonds is 2. The number of hydrogen-bond acceptors (Lipinski definition) is 4. The van der Waals surface area contributed by atoms with Gasteiger partial charge in [0, 0.05) is 42.0 Å². The molecule has 1 aliphatic rings. The van der Waals surface area contributed by atoms with Gasteiger partial charge in [-0.05, 0) is 43.2 Å². The van der Waals surface area contributed by atoms with Crippen molar-refractivity contribution in [2.45, 2.75) is 18.8 Å². The van der Waals surface area contributed by atoms with Crippen LogP contribution >= 0.6 is 22.9 Å². The van der Waals surface area contributed by atoms with Crippen LogP contribution in [0.3, 0.4) is 0 Å². The molecule has 0 unspecified atom stereocenters. The molecule has 1 saturated heterocycles. The van der Waals surface area contributed by atoms with Crippen molar-refractivity contribution < 1.29 is 4.79 Å². The van der Waals surface area contributed by atoms with Crippen LogP contribution in [-0.4, -0.2) is 33.9 Å². The first-order chi connectivity index (χ1) is 11.7. The van der Waals surface area contributed by atoms with Crippen LogP contribution < -0.4 is 0 Å². The Morgan fingerprint density at radius 3 is 2.67 bits per heavy atom. The van der Waals surface area contributed by atoms with Crippen LogP contribution in [0.15, 0.2) is 42.7 Å². The Bertz CT molecular complexity index is 872. The number of hydrogen-bond donors (Lipinski definition) is 0. The van der Waals surface area contributed by atoms with E-state index >= 15 is 0 Å². The van der Waals surface area contributed by atoms with Gasteiger partial charge in [-0.15, -0.1) is 11.3 Å². The highest BCUT2D eigenvalue weighted by atomic mass is 35.5. The van der Waals surface area contributed by atoms with Gasteiger partial charge in [-0.3, -0.25) is 9.78 Å². The lowest BCUT2D eigenvalue weighted by Gasteiger charge is -2.31. The summed E-state index contributed by atoms with van der Waals surface area (Å²) in [4.78, 5) is 23.1. The van der Waals surface area contributed by atoms with Crippen LogP contribution in [0.25, 0.3) is 10.2 Å². The lowest BCUT2D eigenvalue weighted by Crippen LogP contribution is -2.37. The zero-order valence-electron chi connectivity index (χ0n) is 13.0. The third kappa shape index (κ3) is 3.01.